The molecule has 5 rings (SSSR count). The number of halogens is 2. The number of hydrogen-bond donors (Lipinski definition) is 7. The Hall–Kier alpha value is -5.68. The normalized spacial score (nSPS) is 17.2. The third-order valence-electron chi connectivity index (χ3n) is 12.7. The number of H-pyrrole nitrogens is 2. The van der Waals surface area contributed by atoms with E-state index < -0.39 is 29.7 Å². The standard InChI is InChI=1S/C47H71Cl2N15O7S/c1-4-19-62(26-33(5-2)45(69)64(29-40(50)65)28-35-23-53-60-58-35)44(68)31(3)25-63(27-34-22-52-59-57-34)46(70)37(54-42(67)11-7-6-10-39-43-38(30-72-39)55-47(71)56-43)24-51-41(66)12-8-9-32-13-15-36(16-14-32)61(20-17-48)21-18-49/h13-16,22-23,31,33,37-39,43H,4-12,17-21,24-30H2,1-3H3,(H2,50,65)(H,51,66)(H,54,67)(H,52,57,59)(H,53,58,60)(H2,55,56,71)/t31?,33?,37?,38-,39-,43-/m0/s1. The second kappa shape index (κ2) is 29.7. The number of rotatable bonds is 33. The first-order valence-electron chi connectivity index (χ1n) is 24.8. The zero-order chi connectivity index (χ0) is 52.0. The molecule has 396 valence electrons. The van der Waals surface area contributed by atoms with Crippen molar-refractivity contribution in [1.29, 1.82) is 0 Å². The molecular weight excluding hydrogens is 990 g/mol. The van der Waals surface area contributed by atoms with Crippen LogP contribution in [-0.4, -0.2) is 174 Å². The van der Waals surface area contributed by atoms with Crippen LogP contribution in [0.25, 0.3) is 0 Å². The van der Waals surface area contributed by atoms with Crippen LogP contribution in [0.5, 0.6) is 0 Å². The molecule has 1 aromatic carbocycles. The molecule has 0 spiro atoms. The van der Waals surface area contributed by atoms with Gasteiger partial charge in [-0.15, -0.1) is 33.4 Å². The Morgan fingerprint density at radius 1 is 0.819 bits per heavy atom. The van der Waals surface area contributed by atoms with Gasteiger partial charge in [0.05, 0.1) is 43.6 Å². The minimum absolute atomic E-state index is 0.0109. The van der Waals surface area contributed by atoms with Crippen molar-refractivity contribution < 1.29 is 33.6 Å². The molecule has 0 saturated carbocycles. The average Bonchev–Trinajstić information content (AvgIpc) is 4.21. The van der Waals surface area contributed by atoms with Gasteiger partial charge in [-0.2, -0.15) is 11.8 Å². The van der Waals surface area contributed by atoms with E-state index in [0.29, 0.717) is 74.9 Å². The van der Waals surface area contributed by atoms with Crippen LogP contribution in [0.4, 0.5) is 10.5 Å². The fourth-order valence-electron chi connectivity index (χ4n) is 8.98. The number of nitrogens with zero attached hydrogens (tertiary/aromatic N) is 8. The van der Waals surface area contributed by atoms with E-state index >= 15 is 0 Å². The number of aryl methyl sites for hydroxylation is 1. The monoisotopic (exact) mass is 1060 g/mol. The molecule has 3 aromatic rings. The Labute approximate surface area is 435 Å². The number of anilines is 1. The zero-order valence-electron chi connectivity index (χ0n) is 41.5. The van der Waals surface area contributed by atoms with Gasteiger partial charge in [0.2, 0.25) is 35.4 Å². The first kappa shape index (κ1) is 57.2. The quantitative estimate of drug-likeness (QED) is 0.0262. The number of carbonyl (C=O) groups excluding carboxylic acids is 7. The van der Waals surface area contributed by atoms with E-state index in [2.05, 4.69) is 57.0 Å². The van der Waals surface area contributed by atoms with Crippen LogP contribution in [0.3, 0.4) is 0 Å². The number of amides is 8. The van der Waals surface area contributed by atoms with Crippen molar-refractivity contribution in [1.82, 2.24) is 66.8 Å². The largest absolute Gasteiger partial charge is 0.369 e. The first-order chi connectivity index (χ1) is 34.7. The maximum Gasteiger partial charge on any atom is 0.315 e. The number of hydrogen-bond acceptors (Lipinski definition) is 13. The number of urea groups is 1. The number of aromatic nitrogens is 6. The Morgan fingerprint density at radius 2 is 1.49 bits per heavy atom. The van der Waals surface area contributed by atoms with E-state index in [1.165, 1.54) is 22.2 Å². The highest BCUT2D eigenvalue weighted by Crippen LogP contribution is 2.33. The van der Waals surface area contributed by atoms with Crippen molar-refractivity contribution in [2.45, 2.75) is 115 Å². The van der Waals surface area contributed by atoms with Crippen LogP contribution in [0.15, 0.2) is 36.7 Å². The van der Waals surface area contributed by atoms with Crippen molar-refractivity contribution in [2.75, 3.05) is 68.2 Å². The summed E-state index contributed by atoms with van der Waals surface area (Å²) in [6.07, 6.45) is 7.50. The molecule has 0 radical (unpaired) electrons. The number of alkyl halides is 2. The molecule has 25 heteroatoms. The highest BCUT2D eigenvalue weighted by molar-refractivity contribution is 8.00. The number of carbonyl (C=O) groups is 7. The van der Waals surface area contributed by atoms with Gasteiger partial charge in [0.1, 0.15) is 17.4 Å². The lowest BCUT2D eigenvalue weighted by atomic mass is 10.0. The Bertz CT molecular complexity index is 2190. The fourth-order valence-corrected chi connectivity index (χ4v) is 10.9. The third kappa shape index (κ3) is 17.8. The van der Waals surface area contributed by atoms with Gasteiger partial charge >= 0.3 is 6.03 Å². The smallest absolute Gasteiger partial charge is 0.315 e. The van der Waals surface area contributed by atoms with E-state index in [1.54, 1.807) is 23.6 Å². The first-order valence-corrected chi connectivity index (χ1v) is 26.9. The van der Waals surface area contributed by atoms with Gasteiger partial charge < -0.3 is 46.6 Å². The molecular formula is C47H71Cl2N15O7S. The van der Waals surface area contributed by atoms with Crippen LogP contribution in [0, 0.1) is 11.8 Å². The number of primary amides is 1. The van der Waals surface area contributed by atoms with Crippen LogP contribution < -0.4 is 31.9 Å². The van der Waals surface area contributed by atoms with Crippen molar-refractivity contribution in [3.63, 3.8) is 0 Å². The molecule has 22 nitrogen and oxygen atoms in total. The second-order valence-electron chi connectivity index (χ2n) is 18.3. The summed E-state index contributed by atoms with van der Waals surface area (Å²) < 4.78 is 0. The number of nitrogens with one attached hydrogen (secondary N) is 6. The van der Waals surface area contributed by atoms with Gasteiger partial charge in [-0.3, -0.25) is 39.0 Å². The number of unbranched alkanes of at least 4 members (excludes halogenated alkanes) is 1. The van der Waals surface area contributed by atoms with Crippen LogP contribution in [-0.2, 0) is 48.3 Å². The lowest BCUT2D eigenvalue weighted by Gasteiger charge is -2.33. The summed E-state index contributed by atoms with van der Waals surface area (Å²) in [5, 5.41) is 32.7. The summed E-state index contributed by atoms with van der Waals surface area (Å²) in [7, 11) is 0. The van der Waals surface area contributed by atoms with Crippen LogP contribution >= 0.6 is 35.0 Å². The lowest BCUT2D eigenvalue weighted by Crippen LogP contribution is -2.55. The maximum atomic E-state index is 14.8. The molecule has 0 aliphatic carbocycles. The number of benzene rings is 1. The minimum Gasteiger partial charge on any atom is -0.369 e. The van der Waals surface area contributed by atoms with Crippen molar-refractivity contribution >= 4 is 82.1 Å². The molecule has 2 saturated heterocycles. The van der Waals surface area contributed by atoms with Crippen molar-refractivity contribution in [3.05, 3.63) is 53.6 Å². The molecule has 3 unspecified atom stereocenters. The van der Waals surface area contributed by atoms with E-state index in [0.717, 1.165) is 29.8 Å². The summed E-state index contributed by atoms with van der Waals surface area (Å²) in [4.78, 5) is 101. The molecule has 4 heterocycles. The summed E-state index contributed by atoms with van der Waals surface area (Å²) >= 11 is 13.8. The predicted octanol–water partition coefficient (Wildman–Crippen LogP) is 2.30. The predicted molar refractivity (Wildman–Crippen MR) is 275 cm³/mol. The van der Waals surface area contributed by atoms with Crippen LogP contribution in [0.1, 0.15) is 89.1 Å². The Balaban J connectivity index is 1.27. The molecule has 2 fully saturated rings. The summed E-state index contributed by atoms with van der Waals surface area (Å²) in [5.41, 5.74) is 8.42. The SMILES string of the molecule is CCCN(CC(CC)C(=O)N(CC(N)=O)Cc1c[nH]nn1)C(=O)C(C)CN(Cc1c[nH]nn1)C(=O)C(CNC(=O)CCCc1ccc(N(CCCl)CCCl)cc1)NC(=O)CCCC[C@@H]1SC[C@@H]2NC(=O)N[C@@H]21. The summed E-state index contributed by atoms with van der Waals surface area (Å²) in [5.74, 6) is -2.33. The lowest BCUT2D eigenvalue weighted by molar-refractivity contribution is -0.144. The number of nitrogens with two attached hydrogens (primary N) is 1. The highest BCUT2D eigenvalue weighted by Gasteiger charge is 2.42. The van der Waals surface area contributed by atoms with Crippen molar-refractivity contribution in [3.8, 4) is 0 Å². The third-order valence-corrected chi connectivity index (χ3v) is 14.6. The van der Waals surface area contributed by atoms with Gasteiger partial charge in [0, 0.05) is 93.0 Å². The Morgan fingerprint density at radius 3 is 2.10 bits per heavy atom. The molecule has 0 bridgehead atoms. The van der Waals surface area contributed by atoms with E-state index in [4.69, 9.17) is 28.9 Å². The molecule has 6 atom stereocenters. The van der Waals surface area contributed by atoms with Gasteiger partial charge in [-0.25, -0.2) is 4.79 Å². The van der Waals surface area contributed by atoms with Crippen LogP contribution in [0.2, 0.25) is 0 Å². The molecule has 2 aliphatic rings. The number of thioether (sulfide) groups is 1. The molecule has 72 heavy (non-hydrogen) atoms. The molecule has 2 aliphatic heterocycles. The number of fused-ring (bicyclic) bond motifs is 1. The zero-order valence-corrected chi connectivity index (χ0v) is 43.8. The number of aromatic amines is 2. The molecule has 8 N–H and O–H groups in total. The fraction of sp³-hybridized carbons (Fsp3) is 0.638. The van der Waals surface area contributed by atoms with E-state index in [9.17, 15) is 33.6 Å². The maximum absolute atomic E-state index is 14.8. The van der Waals surface area contributed by atoms with Gasteiger partial charge in [-0.1, -0.05) is 49.8 Å². The average molecular weight is 1060 g/mol. The van der Waals surface area contributed by atoms with E-state index in [1.807, 2.05) is 38.1 Å². The molecule has 8 amide bonds. The van der Waals surface area contributed by atoms with E-state index in [-0.39, 0.29) is 99.1 Å². The van der Waals surface area contributed by atoms with Crippen molar-refractivity contribution in [2.24, 2.45) is 17.6 Å². The second-order valence-corrected chi connectivity index (χ2v) is 20.3. The Kier molecular flexibility index (Phi) is 23.6. The highest BCUT2D eigenvalue weighted by atomic mass is 35.5. The van der Waals surface area contributed by atoms with Gasteiger partial charge in [0.25, 0.3) is 0 Å². The summed E-state index contributed by atoms with van der Waals surface area (Å²) in [6, 6.07) is 6.83. The van der Waals surface area contributed by atoms with Gasteiger partial charge in [-0.05, 0) is 56.2 Å². The topological polar surface area (TPSA) is 290 Å². The summed E-state index contributed by atoms with van der Waals surface area (Å²) in [6.45, 7) is 6.38. The molecule has 2 aromatic heterocycles. The minimum atomic E-state index is -1.20. The van der Waals surface area contributed by atoms with Gasteiger partial charge in [0.15, 0.2) is 0 Å².